The van der Waals surface area contributed by atoms with Gasteiger partial charge in [0, 0.05) is 12.1 Å². The van der Waals surface area contributed by atoms with Crippen LogP contribution in [0.3, 0.4) is 0 Å². The van der Waals surface area contributed by atoms with Crippen molar-refractivity contribution in [1.29, 1.82) is 0 Å². The standard InChI is InChI=1S/C10H10N4O2/c11-9-5-12-4-8(14-9)10(15)13-3-7-1-2-16-6-7/h1-2,4-6H,3H2,(H2,11,14)(H,13,15). The molecule has 0 saturated heterocycles. The summed E-state index contributed by atoms with van der Waals surface area (Å²) < 4.78 is 4.87. The Morgan fingerprint density at radius 3 is 3.06 bits per heavy atom. The predicted molar refractivity (Wildman–Crippen MR) is 56.3 cm³/mol. The third-order valence-corrected chi connectivity index (χ3v) is 1.92. The minimum atomic E-state index is -0.319. The first-order chi connectivity index (χ1) is 7.75. The maximum Gasteiger partial charge on any atom is 0.271 e. The van der Waals surface area contributed by atoms with Crippen molar-refractivity contribution < 1.29 is 9.21 Å². The lowest BCUT2D eigenvalue weighted by Crippen LogP contribution is -2.24. The van der Waals surface area contributed by atoms with Gasteiger partial charge in [-0.15, -0.1) is 0 Å². The van der Waals surface area contributed by atoms with Crippen molar-refractivity contribution >= 4 is 11.7 Å². The van der Waals surface area contributed by atoms with Gasteiger partial charge in [0.25, 0.3) is 5.91 Å². The van der Waals surface area contributed by atoms with Gasteiger partial charge in [-0.05, 0) is 6.07 Å². The van der Waals surface area contributed by atoms with Crippen LogP contribution in [0.15, 0.2) is 35.4 Å². The first-order valence-electron chi connectivity index (χ1n) is 4.62. The Morgan fingerprint density at radius 2 is 2.38 bits per heavy atom. The maximum absolute atomic E-state index is 11.6. The summed E-state index contributed by atoms with van der Waals surface area (Å²) in [6.45, 7) is 0.381. The molecule has 6 nitrogen and oxygen atoms in total. The summed E-state index contributed by atoms with van der Waals surface area (Å²) in [6.07, 6.45) is 5.85. The topological polar surface area (TPSA) is 94.0 Å². The van der Waals surface area contributed by atoms with Crippen molar-refractivity contribution in [2.24, 2.45) is 0 Å². The van der Waals surface area contributed by atoms with E-state index in [9.17, 15) is 4.79 Å². The van der Waals surface area contributed by atoms with E-state index in [1.807, 2.05) is 0 Å². The van der Waals surface area contributed by atoms with E-state index in [4.69, 9.17) is 10.2 Å². The monoisotopic (exact) mass is 218 g/mol. The summed E-state index contributed by atoms with van der Waals surface area (Å²) >= 11 is 0. The molecule has 2 aromatic heterocycles. The molecule has 82 valence electrons. The number of rotatable bonds is 3. The second-order valence-corrected chi connectivity index (χ2v) is 3.14. The lowest BCUT2D eigenvalue weighted by atomic mass is 10.3. The number of carbonyl (C=O) groups is 1. The highest BCUT2D eigenvalue weighted by molar-refractivity contribution is 5.92. The third kappa shape index (κ3) is 2.35. The SMILES string of the molecule is Nc1cncc(C(=O)NCc2ccoc2)n1. The fraction of sp³-hybridized carbons (Fsp3) is 0.100. The van der Waals surface area contributed by atoms with Crippen LogP contribution in [0.25, 0.3) is 0 Å². The number of nitrogens with one attached hydrogen (secondary N) is 1. The van der Waals surface area contributed by atoms with Crippen LogP contribution in [0.2, 0.25) is 0 Å². The Labute approximate surface area is 91.5 Å². The quantitative estimate of drug-likeness (QED) is 0.785. The Hall–Kier alpha value is -2.37. The molecule has 2 aromatic rings. The molecule has 1 amide bonds. The fourth-order valence-electron chi connectivity index (χ4n) is 1.16. The van der Waals surface area contributed by atoms with Crippen molar-refractivity contribution in [3.05, 3.63) is 42.2 Å². The van der Waals surface area contributed by atoms with Gasteiger partial charge in [-0.2, -0.15) is 0 Å². The van der Waals surface area contributed by atoms with Gasteiger partial charge in [0.2, 0.25) is 0 Å². The number of furan rings is 1. The van der Waals surface area contributed by atoms with Gasteiger partial charge >= 0.3 is 0 Å². The number of nitrogens with two attached hydrogens (primary N) is 1. The highest BCUT2D eigenvalue weighted by Gasteiger charge is 2.07. The molecular weight excluding hydrogens is 208 g/mol. The zero-order valence-corrected chi connectivity index (χ0v) is 8.38. The Kier molecular flexibility index (Phi) is 2.81. The summed E-state index contributed by atoms with van der Waals surface area (Å²) in [7, 11) is 0. The van der Waals surface area contributed by atoms with E-state index in [1.165, 1.54) is 12.4 Å². The molecule has 0 unspecified atom stereocenters. The predicted octanol–water partition coefficient (Wildman–Crippen LogP) is 0.582. The number of hydrogen-bond acceptors (Lipinski definition) is 5. The molecule has 0 aromatic carbocycles. The summed E-state index contributed by atoms with van der Waals surface area (Å²) in [5, 5.41) is 2.67. The first kappa shape index (κ1) is 10.2. The molecule has 0 radical (unpaired) electrons. The molecule has 2 rings (SSSR count). The van der Waals surface area contributed by atoms with Crippen molar-refractivity contribution in [3.63, 3.8) is 0 Å². The van der Waals surface area contributed by atoms with Crippen LogP contribution in [0.5, 0.6) is 0 Å². The molecule has 0 aliphatic carbocycles. The smallest absolute Gasteiger partial charge is 0.271 e. The number of carbonyl (C=O) groups excluding carboxylic acids is 1. The van der Waals surface area contributed by atoms with E-state index < -0.39 is 0 Å². The lowest BCUT2D eigenvalue weighted by molar-refractivity contribution is 0.0945. The number of nitrogen functional groups attached to an aromatic ring is 1. The van der Waals surface area contributed by atoms with Crippen LogP contribution in [0.1, 0.15) is 16.1 Å². The zero-order chi connectivity index (χ0) is 11.4. The van der Waals surface area contributed by atoms with E-state index >= 15 is 0 Å². The van der Waals surface area contributed by atoms with E-state index in [0.717, 1.165) is 5.56 Å². The Balaban J connectivity index is 1.98. The average Bonchev–Trinajstić information content (AvgIpc) is 2.78. The molecule has 6 heteroatoms. The molecule has 0 atom stereocenters. The fourth-order valence-corrected chi connectivity index (χ4v) is 1.16. The van der Waals surface area contributed by atoms with Crippen LogP contribution < -0.4 is 11.1 Å². The molecule has 16 heavy (non-hydrogen) atoms. The Morgan fingerprint density at radius 1 is 1.50 bits per heavy atom. The van der Waals surface area contributed by atoms with Gasteiger partial charge in [-0.3, -0.25) is 9.78 Å². The highest BCUT2D eigenvalue weighted by Crippen LogP contribution is 2.01. The van der Waals surface area contributed by atoms with Crippen LogP contribution in [0.4, 0.5) is 5.82 Å². The Bertz CT molecular complexity index is 481. The number of aromatic nitrogens is 2. The molecular formula is C10H10N4O2. The number of anilines is 1. The van der Waals surface area contributed by atoms with Gasteiger partial charge in [-0.1, -0.05) is 0 Å². The molecule has 0 fully saturated rings. The molecule has 0 aliphatic rings. The van der Waals surface area contributed by atoms with Crippen molar-refractivity contribution in [2.75, 3.05) is 5.73 Å². The zero-order valence-electron chi connectivity index (χ0n) is 8.38. The van der Waals surface area contributed by atoms with Crippen molar-refractivity contribution in [1.82, 2.24) is 15.3 Å². The number of amides is 1. The van der Waals surface area contributed by atoms with Gasteiger partial charge in [0.05, 0.1) is 24.9 Å². The molecule has 0 aliphatic heterocycles. The van der Waals surface area contributed by atoms with Gasteiger partial charge in [0.1, 0.15) is 11.5 Å². The van der Waals surface area contributed by atoms with Gasteiger partial charge in [-0.25, -0.2) is 4.98 Å². The second-order valence-electron chi connectivity index (χ2n) is 3.14. The lowest BCUT2D eigenvalue weighted by Gasteiger charge is -2.02. The van der Waals surface area contributed by atoms with E-state index in [-0.39, 0.29) is 17.4 Å². The second kappa shape index (κ2) is 4.43. The minimum Gasteiger partial charge on any atom is -0.472 e. The van der Waals surface area contributed by atoms with Gasteiger partial charge < -0.3 is 15.5 Å². The summed E-state index contributed by atoms with van der Waals surface area (Å²) in [4.78, 5) is 19.2. The molecule has 2 heterocycles. The van der Waals surface area contributed by atoms with Crippen LogP contribution in [-0.2, 0) is 6.54 Å². The highest BCUT2D eigenvalue weighted by atomic mass is 16.3. The summed E-state index contributed by atoms with van der Waals surface area (Å²) in [6, 6.07) is 1.77. The van der Waals surface area contributed by atoms with E-state index in [1.54, 1.807) is 18.6 Å². The largest absolute Gasteiger partial charge is 0.472 e. The summed E-state index contributed by atoms with van der Waals surface area (Å²) in [5.74, 6) is -0.100. The van der Waals surface area contributed by atoms with Crippen LogP contribution >= 0.6 is 0 Å². The number of hydrogen-bond donors (Lipinski definition) is 2. The molecule has 0 spiro atoms. The molecule has 0 saturated carbocycles. The maximum atomic E-state index is 11.6. The summed E-state index contributed by atoms with van der Waals surface area (Å²) in [5.41, 5.74) is 6.50. The van der Waals surface area contributed by atoms with E-state index in [0.29, 0.717) is 6.54 Å². The van der Waals surface area contributed by atoms with Gasteiger partial charge in [0.15, 0.2) is 0 Å². The van der Waals surface area contributed by atoms with Crippen molar-refractivity contribution in [2.45, 2.75) is 6.54 Å². The van der Waals surface area contributed by atoms with Crippen LogP contribution in [0, 0.1) is 0 Å². The first-order valence-corrected chi connectivity index (χ1v) is 4.62. The molecule has 3 N–H and O–H groups in total. The van der Waals surface area contributed by atoms with Crippen LogP contribution in [-0.4, -0.2) is 15.9 Å². The minimum absolute atomic E-state index is 0.198. The average molecular weight is 218 g/mol. The number of nitrogens with zero attached hydrogens (tertiary/aromatic N) is 2. The third-order valence-electron chi connectivity index (χ3n) is 1.92. The van der Waals surface area contributed by atoms with E-state index in [2.05, 4.69) is 15.3 Å². The normalized spacial score (nSPS) is 10.0. The molecule has 0 bridgehead atoms. The van der Waals surface area contributed by atoms with Crippen molar-refractivity contribution in [3.8, 4) is 0 Å².